The fourth-order valence-electron chi connectivity index (χ4n) is 2.47. The first kappa shape index (κ1) is 18.1. The summed E-state index contributed by atoms with van der Waals surface area (Å²) in [5.41, 5.74) is 1.73. The topological polar surface area (TPSA) is 26.3 Å². The molecule has 0 aliphatic carbocycles. The zero-order chi connectivity index (χ0) is 17.5. The van der Waals surface area contributed by atoms with E-state index in [-0.39, 0.29) is 5.75 Å². The quantitative estimate of drug-likeness (QED) is 0.496. The number of hydrogen-bond donors (Lipinski definition) is 0. The van der Waals surface area contributed by atoms with Crippen molar-refractivity contribution < 1.29 is 18.3 Å². The molecule has 2 nitrogen and oxygen atoms in total. The van der Waals surface area contributed by atoms with Gasteiger partial charge in [-0.1, -0.05) is 44.9 Å². The first-order chi connectivity index (χ1) is 11.6. The maximum absolute atomic E-state index is 14.1. The van der Waals surface area contributed by atoms with E-state index < -0.39 is 17.6 Å². The Morgan fingerprint density at radius 1 is 0.917 bits per heavy atom. The van der Waals surface area contributed by atoms with E-state index in [4.69, 9.17) is 4.74 Å². The second-order valence-corrected chi connectivity index (χ2v) is 5.79. The van der Waals surface area contributed by atoms with Gasteiger partial charge in [0.2, 0.25) is 5.82 Å². The van der Waals surface area contributed by atoms with Crippen LogP contribution in [0.2, 0.25) is 0 Å². The van der Waals surface area contributed by atoms with Gasteiger partial charge in [0.05, 0.1) is 5.56 Å². The van der Waals surface area contributed by atoms with Crippen LogP contribution in [-0.2, 0) is 12.8 Å². The van der Waals surface area contributed by atoms with Crippen LogP contribution in [0.15, 0.2) is 36.4 Å². The van der Waals surface area contributed by atoms with Crippen molar-refractivity contribution in [3.8, 4) is 5.75 Å². The minimum atomic E-state index is -1.11. The number of aryl methyl sites for hydroxylation is 2. The van der Waals surface area contributed by atoms with Gasteiger partial charge in [0.15, 0.2) is 11.6 Å². The lowest BCUT2D eigenvalue weighted by Crippen LogP contribution is -2.10. The van der Waals surface area contributed by atoms with E-state index in [1.807, 2.05) is 19.1 Å². The third-order valence-corrected chi connectivity index (χ3v) is 3.86. The zero-order valence-corrected chi connectivity index (χ0v) is 14.1. The molecular weight excluding hydrogens is 310 g/mol. The lowest BCUT2D eigenvalue weighted by molar-refractivity contribution is 0.0726. The van der Waals surface area contributed by atoms with Crippen molar-refractivity contribution in [3.63, 3.8) is 0 Å². The van der Waals surface area contributed by atoms with Crippen LogP contribution < -0.4 is 4.74 Å². The molecule has 0 saturated carbocycles. The zero-order valence-electron chi connectivity index (χ0n) is 14.1. The van der Waals surface area contributed by atoms with Crippen molar-refractivity contribution in [3.05, 3.63) is 64.7 Å². The number of hydrogen-bond acceptors (Lipinski definition) is 2. The molecular formula is C20H22F2O2. The molecule has 0 aliphatic heterocycles. The fourth-order valence-corrected chi connectivity index (χ4v) is 2.47. The number of ether oxygens (including phenoxy) is 1. The summed E-state index contributed by atoms with van der Waals surface area (Å²) in [6.07, 6.45) is 4.07. The van der Waals surface area contributed by atoms with Crippen LogP contribution in [0.4, 0.5) is 8.78 Å². The summed E-state index contributed by atoms with van der Waals surface area (Å²) in [4.78, 5) is 12.1. The van der Waals surface area contributed by atoms with E-state index in [2.05, 4.69) is 6.92 Å². The van der Waals surface area contributed by atoms with Crippen molar-refractivity contribution in [1.29, 1.82) is 0 Å². The number of esters is 1. The second kappa shape index (κ2) is 8.57. The van der Waals surface area contributed by atoms with Gasteiger partial charge < -0.3 is 4.74 Å². The largest absolute Gasteiger partial charge is 0.420 e. The number of rotatable bonds is 7. The van der Waals surface area contributed by atoms with Gasteiger partial charge in [-0.2, -0.15) is 4.39 Å². The van der Waals surface area contributed by atoms with E-state index in [1.165, 1.54) is 12.1 Å². The minimum Gasteiger partial charge on any atom is -0.420 e. The van der Waals surface area contributed by atoms with Gasteiger partial charge in [0.1, 0.15) is 0 Å². The summed E-state index contributed by atoms with van der Waals surface area (Å²) in [6.45, 7) is 4.06. The summed E-state index contributed by atoms with van der Waals surface area (Å²) < 4.78 is 33.1. The Hall–Kier alpha value is -2.23. The third kappa shape index (κ3) is 4.40. The van der Waals surface area contributed by atoms with Crippen LogP contribution in [0.1, 0.15) is 54.6 Å². The number of carbonyl (C=O) groups is 1. The highest BCUT2D eigenvalue weighted by Gasteiger charge is 2.17. The maximum atomic E-state index is 14.1. The molecule has 0 spiro atoms. The molecule has 0 saturated heterocycles. The van der Waals surface area contributed by atoms with Crippen LogP contribution in [0.3, 0.4) is 0 Å². The van der Waals surface area contributed by atoms with E-state index >= 15 is 0 Å². The number of carbonyl (C=O) groups excluding carboxylic acids is 1. The smallest absolute Gasteiger partial charge is 0.343 e. The third-order valence-electron chi connectivity index (χ3n) is 3.86. The van der Waals surface area contributed by atoms with Gasteiger partial charge in [0.25, 0.3) is 0 Å². The lowest BCUT2D eigenvalue weighted by atomic mass is 10.1. The van der Waals surface area contributed by atoms with E-state index in [0.29, 0.717) is 17.5 Å². The summed E-state index contributed by atoms with van der Waals surface area (Å²) in [5.74, 6) is -3.13. The molecule has 0 N–H and O–H groups in total. The molecule has 0 aromatic heterocycles. The van der Waals surface area contributed by atoms with Crippen molar-refractivity contribution in [2.24, 2.45) is 0 Å². The monoisotopic (exact) mass is 332 g/mol. The van der Waals surface area contributed by atoms with Gasteiger partial charge in [0, 0.05) is 0 Å². The van der Waals surface area contributed by atoms with Gasteiger partial charge in [-0.15, -0.1) is 0 Å². The lowest BCUT2D eigenvalue weighted by Gasteiger charge is -2.09. The first-order valence-corrected chi connectivity index (χ1v) is 8.34. The molecule has 4 heteroatoms. The molecule has 0 fully saturated rings. The molecule has 128 valence electrons. The van der Waals surface area contributed by atoms with Crippen LogP contribution in [0.5, 0.6) is 5.75 Å². The summed E-state index contributed by atoms with van der Waals surface area (Å²) in [6, 6.07) is 9.73. The normalized spacial score (nSPS) is 10.7. The standard InChI is InChI=1S/C20H22F2O2/c1-3-5-7-15-12-13-17(19(22)18(15)21)24-20(23)16-10-8-14(6-4-2)9-11-16/h8-13H,3-7H2,1-2H3. The Labute approximate surface area is 141 Å². The number of halogens is 2. The highest BCUT2D eigenvalue weighted by Crippen LogP contribution is 2.24. The summed E-state index contributed by atoms with van der Waals surface area (Å²) in [5, 5.41) is 0. The molecule has 0 unspecified atom stereocenters. The Balaban J connectivity index is 2.12. The van der Waals surface area contributed by atoms with Gasteiger partial charge in [-0.3, -0.25) is 0 Å². The predicted octanol–water partition coefficient (Wildman–Crippen LogP) is 5.48. The van der Waals surface area contributed by atoms with Crippen LogP contribution in [0.25, 0.3) is 0 Å². The Morgan fingerprint density at radius 2 is 1.62 bits per heavy atom. The highest BCUT2D eigenvalue weighted by molar-refractivity contribution is 5.91. The second-order valence-electron chi connectivity index (χ2n) is 5.79. The average Bonchev–Trinajstić information content (AvgIpc) is 2.59. The van der Waals surface area contributed by atoms with Gasteiger partial charge in [-0.05, 0) is 48.6 Å². The average molecular weight is 332 g/mol. The molecule has 0 amide bonds. The Kier molecular flexibility index (Phi) is 6.47. The molecule has 0 radical (unpaired) electrons. The van der Waals surface area contributed by atoms with E-state index in [0.717, 1.165) is 31.2 Å². The number of benzene rings is 2. The molecule has 0 heterocycles. The van der Waals surface area contributed by atoms with Crippen molar-refractivity contribution in [1.82, 2.24) is 0 Å². The van der Waals surface area contributed by atoms with Crippen LogP contribution in [0, 0.1) is 11.6 Å². The Bertz CT molecular complexity index is 694. The molecule has 2 rings (SSSR count). The van der Waals surface area contributed by atoms with Crippen molar-refractivity contribution in [2.75, 3.05) is 0 Å². The molecule has 2 aromatic rings. The summed E-state index contributed by atoms with van der Waals surface area (Å²) in [7, 11) is 0. The Morgan fingerprint density at radius 3 is 2.25 bits per heavy atom. The van der Waals surface area contributed by atoms with Crippen LogP contribution >= 0.6 is 0 Å². The summed E-state index contributed by atoms with van der Waals surface area (Å²) >= 11 is 0. The molecule has 0 bridgehead atoms. The molecule has 0 aliphatic rings. The van der Waals surface area contributed by atoms with Crippen LogP contribution in [-0.4, -0.2) is 5.97 Å². The SMILES string of the molecule is CCCCc1ccc(OC(=O)c2ccc(CCC)cc2)c(F)c1F. The highest BCUT2D eigenvalue weighted by atomic mass is 19.2. The predicted molar refractivity (Wildman–Crippen MR) is 90.4 cm³/mol. The number of unbranched alkanes of at least 4 members (excludes halogenated alkanes) is 1. The van der Waals surface area contributed by atoms with Gasteiger partial charge >= 0.3 is 5.97 Å². The van der Waals surface area contributed by atoms with Gasteiger partial charge in [-0.25, -0.2) is 9.18 Å². The fraction of sp³-hybridized carbons (Fsp3) is 0.350. The maximum Gasteiger partial charge on any atom is 0.343 e. The van der Waals surface area contributed by atoms with Crippen molar-refractivity contribution >= 4 is 5.97 Å². The molecule has 2 aromatic carbocycles. The molecule has 24 heavy (non-hydrogen) atoms. The molecule has 0 atom stereocenters. The van der Waals surface area contributed by atoms with E-state index in [1.54, 1.807) is 12.1 Å². The van der Waals surface area contributed by atoms with E-state index in [9.17, 15) is 13.6 Å². The first-order valence-electron chi connectivity index (χ1n) is 8.34. The minimum absolute atomic E-state index is 0.304. The van der Waals surface area contributed by atoms with Crippen molar-refractivity contribution in [2.45, 2.75) is 46.0 Å².